The van der Waals surface area contributed by atoms with E-state index in [9.17, 15) is 13.2 Å². The first kappa shape index (κ1) is 26.4. The van der Waals surface area contributed by atoms with Crippen molar-refractivity contribution >= 4 is 26.6 Å². The summed E-state index contributed by atoms with van der Waals surface area (Å²) < 4.78 is 34.4. The van der Waals surface area contributed by atoms with Crippen LogP contribution in [0, 0.1) is 0 Å². The molecule has 0 atom stereocenters. The molecule has 0 spiro atoms. The second kappa shape index (κ2) is 12.1. The van der Waals surface area contributed by atoms with Gasteiger partial charge in [-0.1, -0.05) is 24.3 Å². The highest BCUT2D eigenvalue weighted by Crippen LogP contribution is 2.25. The van der Waals surface area contributed by atoms with Crippen LogP contribution in [0.25, 0.3) is 10.9 Å². The number of pyridine rings is 2. The van der Waals surface area contributed by atoms with E-state index in [1.807, 2.05) is 60.8 Å². The maximum absolute atomic E-state index is 12.7. The lowest BCUT2D eigenvalue weighted by Crippen LogP contribution is -2.31. The number of unbranched alkanes of at least 4 members (excludes halogenated alkanes) is 2. The summed E-state index contributed by atoms with van der Waals surface area (Å²) in [4.78, 5) is 16.0. The first-order chi connectivity index (χ1) is 17.8. The van der Waals surface area contributed by atoms with Gasteiger partial charge in [-0.05, 0) is 79.6 Å². The Hall–Kier alpha value is -3.65. The minimum Gasteiger partial charge on any atom is -0.494 e. The molecule has 2 aromatic heterocycles. The monoisotopic (exact) mass is 519 g/mol. The van der Waals surface area contributed by atoms with Crippen molar-refractivity contribution in [3.8, 4) is 5.75 Å². The maximum Gasteiger partial charge on any atom is 0.250 e. The highest BCUT2D eigenvalue weighted by molar-refractivity contribution is 7.92. The number of sulfonamides is 1. The molecule has 0 bridgehead atoms. The topological polar surface area (TPSA) is 81.5 Å². The van der Waals surface area contributed by atoms with Gasteiger partial charge < -0.3 is 9.30 Å². The van der Waals surface area contributed by atoms with E-state index >= 15 is 0 Å². The number of hydrogen-bond acceptors (Lipinski definition) is 5. The summed E-state index contributed by atoms with van der Waals surface area (Å²) in [5.74, 6) is 0.756. The standard InChI is InChI=1S/C29H33N3O4S/c1-31-27-16-15-26(21-25(27)14-17-29(31)33)36-20-7-3-6-19-32(37(2,34)35)28-11-5-4-10-24(28)13-12-23-9-8-18-30-22-23/h4-5,8-11,14-18,21-22H,3,6-7,12-13,19-20H2,1-2H3. The number of rotatable bonds is 12. The fourth-order valence-corrected chi connectivity index (χ4v) is 5.43. The molecule has 7 nitrogen and oxygen atoms in total. The second-order valence-corrected chi connectivity index (χ2v) is 11.1. The largest absolute Gasteiger partial charge is 0.494 e. The molecule has 4 rings (SSSR count). The number of benzene rings is 2. The SMILES string of the molecule is Cn1c(=O)ccc2cc(OCCCCCN(c3ccccc3CCc3cccnc3)S(C)(=O)=O)ccc21. The summed E-state index contributed by atoms with van der Waals surface area (Å²) in [6.45, 7) is 0.963. The molecule has 4 aromatic rings. The lowest BCUT2D eigenvalue weighted by molar-refractivity contribution is 0.306. The van der Waals surface area contributed by atoms with Crippen LogP contribution in [0.2, 0.25) is 0 Å². The predicted molar refractivity (Wildman–Crippen MR) is 149 cm³/mol. The van der Waals surface area contributed by atoms with Crippen LogP contribution < -0.4 is 14.6 Å². The van der Waals surface area contributed by atoms with Crippen molar-refractivity contribution in [2.75, 3.05) is 23.7 Å². The third-order valence-electron chi connectivity index (χ3n) is 6.44. The van der Waals surface area contributed by atoms with E-state index in [0.29, 0.717) is 13.2 Å². The molecular weight excluding hydrogens is 486 g/mol. The van der Waals surface area contributed by atoms with Gasteiger partial charge in [0.25, 0.3) is 5.56 Å². The van der Waals surface area contributed by atoms with Gasteiger partial charge in [0.15, 0.2) is 0 Å². The third kappa shape index (κ3) is 6.98. The average Bonchev–Trinajstić information content (AvgIpc) is 2.89. The predicted octanol–water partition coefficient (Wildman–Crippen LogP) is 4.73. The maximum atomic E-state index is 12.7. The van der Waals surface area contributed by atoms with Gasteiger partial charge in [-0.3, -0.25) is 14.1 Å². The third-order valence-corrected chi connectivity index (χ3v) is 7.62. The van der Waals surface area contributed by atoms with Gasteiger partial charge in [-0.2, -0.15) is 0 Å². The highest BCUT2D eigenvalue weighted by Gasteiger charge is 2.19. The Labute approximate surface area is 218 Å². The zero-order valence-corrected chi connectivity index (χ0v) is 22.2. The summed E-state index contributed by atoms with van der Waals surface area (Å²) in [5.41, 5.74) is 3.70. The van der Waals surface area contributed by atoms with E-state index < -0.39 is 10.0 Å². The highest BCUT2D eigenvalue weighted by atomic mass is 32.2. The van der Waals surface area contributed by atoms with Crippen molar-refractivity contribution in [1.29, 1.82) is 0 Å². The molecule has 8 heteroatoms. The Morgan fingerprint density at radius 2 is 1.78 bits per heavy atom. The van der Waals surface area contributed by atoms with Gasteiger partial charge in [0.2, 0.25) is 10.0 Å². The minimum absolute atomic E-state index is 0.0413. The number of aryl methyl sites for hydroxylation is 3. The summed E-state index contributed by atoms with van der Waals surface area (Å²) in [5, 5.41) is 0.950. The van der Waals surface area contributed by atoms with E-state index in [1.54, 1.807) is 29.9 Å². The number of para-hydroxylation sites is 1. The molecule has 0 saturated carbocycles. The molecule has 2 heterocycles. The van der Waals surface area contributed by atoms with E-state index in [4.69, 9.17) is 4.74 Å². The number of aromatic nitrogens is 2. The molecule has 2 aromatic carbocycles. The smallest absolute Gasteiger partial charge is 0.250 e. The summed E-state index contributed by atoms with van der Waals surface area (Å²) >= 11 is 0. The van der Waals surface area contributed by atoms with E-state index in [0.717, 1.165) is 65.6 Å². The molecule has 0 amide bonds. The zero-order valence-electron chi connectivity index (χ0n) is 21.3. The van der Waals surface area contributed by atoms with Crippen LogP contribution in [-0.4, -0.2) is 37.4 Å². The number of anilines is 1. The zero-order chi connectivity index (χ0) is 26.3. The van der Waals surface area contributed by atoms with Crippen LogP contribution in [0.3, 0.4) is 0 Å². The van der Waals surface area contributed by atoms with Gasteiger partial charge in [0.05, 0.1) is 24.1 Å². The van der Waals surface area contributed by atoms with Crippen molar-refractivity contribution in [3.05, 3.63) is 101 Å². The lowest BCUT2D eigenvalue weighted by atomic mass is 10.0. The minimum atomic E-state index is -3.42. The molecule has 0 aliphatic heterocycles. The van der Waals surface area contributed by atoms with Crippen LogP contribution in [0.1, 0.15) is 30.4 Å². The fraction of sp³-hybridized carbons (Fsp3) is 0.310. The number of nitrogens with zero attached hydrogens (tertiary/aromatic N) is 3. The summed E-state index contributed by atoms with van der Waals surface area (Å²) in [6.07, 6.45) is 8.78. The van der Waals surface area contributed by atoms with Gasteiger partial charge in [0, 0.05) is 37.4 Å². The Morgan fingerprint density at radius 3 is 2.57 bits per heavy atom. The van der Waals surface area contributed by atoms with Crippen LogP contribution in [0.4, 0.5) is 5.69 Å². The summed E-state index contributed by atoms with van der Waals surface area (Å²) in [6, 6.07) is 20.7. The number of fused-ring (bicyclic) bond motifs is 1. The number of hydrogen-bond donors (Lipinski definition) is 0. The van der Waals surface area contributed by atoms with Crippen molar-refractivity contribution in [1.82, 2.24) is 9.55 Å². The second-order valence-electron chi connectivity index (χ2n) is 9.19. The molecular formula is C29H33N3O4S. The Kier molecular flexibility index (Phi) is 8.61. The van der Waals surface area contributed by atoms with Crippen LogP contribution >= 0.6 is 0 Å². The summed E-state index contributed by atoms with van der Waals surface area (Å²) in [7, 11) is -1.67. The van der Waals surface area contributed by atoms with E-state index in [2.05, 4.69) is 4.98 Å². The molecule has 37 heavy (non-hydrogen) atoms. The van der Waals surface area contributed by atoms with Crippen LogP contribution in [-0.2, 0) is 29.9 Å². The first-order valence-corrected chi connectivity index (χ1v) is 14.3. The van der Waals surface area contributed by atoms with Gasteiger partial charge in [-0.25, -0.2) is 8.42 Å². The van der Waals surface area contributed by atoms with E-state index in [-0.39, 0.29) is 5.56 Å². The van der Waals surface area contributed by atoms with Crippen molar-refractivity contribution < 1.29 is 13.2 Å². The molecule has 0 saturated heterocycles. The fourth-order valence-electron chi connectivity index (χ4n) is 4.43. The van der Waals surface area contributed by atoms with Crippen molar-refractivity contribution in [3.63, 3.8) is 0 Å². The molecule has 0 fully saturated rings. The van der Waals surface area contributed by atoms with Crippen molar-refractivity contribution in [2.45, 2.75) is 32.1 Å². The van der Waals surface area contributed by atoms with Crippen LogP contribution in [0.15, 0.2) is 83.9 Å². The first-order valence-electron chi connectivity index (χ1n) is 12.5. The molecule has 0 N–H and O–H groups in total. The van der Waals surface area contributed by atoms with Gasteiger partial charge in [0.1, 0.15) is 5.75 Å². The molecule has 0 radical (unpaired) electrons. The average molecular weight is 520 g/mol. The van der Waals surface area contributed by atoms with E-state index in [1.165, 1.54) is 10.6 Å². The molecule has 0 aliphatic rings. The Bertz CT molecular complexity index is 1500. The van der Waals surface area contributed by atoms with Gasteiger partial charge in [-0.15, -0.1) is 0 Å². The normalized spacial score (nSPS) is 11.5. The quantitative estimate of drug-likeness (QED) is 0.253. The van der Waals surface area contributed by atoms with Crippen molar-refractivity contribution in [2.24, 2.45) is 7.05 Å². The Morgan fingerprint density at radius 1 is 0.946 bits per heavy atom. The number of ether oxygens (including phenoxy) is 1. The lowest BCUT2D eigenvalue weighted by Gasteiger charge is -2.25. The Balaban J connectivity index is 1.31. The van der Waals surface area contributed by atoms with Crippen LogP contribution in [0.5, 0.6) is 5.75 Å². The molecule has 0 aliphatic carbocycles. The molecule has 194 valence electrons. The molecule has 0 unspecified atom stereocenters. The van der Waals surface area contributed by atoms with Gasteiger partial charge >= 0.3 is 0 Å².